The molecule has 1 amide bonds. The van der Waals surface area contributed by atoms with Gasteiger partial charge in [-0.2, -0.15) is 0 Å². The molecule has 1 unspecified atom stereocenters. The zero-order valence-electron chi connectivity index (χ0n) is 38.3. The number of Topliss-reactive ketones (excluding diaryl/α,β-unsaturated/α-hetero) is 1. The summed E-state index contributed by atoms with van der Waals surface area (Å²) in [4.78, 5) is 52.0. The summed E-state index contributed by atoms with van der Waals surface area (Å²) >= 11 is 0. The van der Waals surface area contributed by atoms with Gasteiger partial charge in [-0.3, -0.25) is 14.4 Å². The van der Waals surface area contributed by atoms with Crippen LogP contribution in [0.5, 0.6) is 0 Å². The van der Waals surface area contributed by atoms with Crippen LogP contribution in [0.3, 0.4) is 0 Å². The highest BCUT2D eigenvalue weighted by atomic mass is 16.5. The molecule has 1 aromatic rings. The molecule has 0 heterocycles. The van der Waals surface area contributed by atoms with Crippen LogP contribution in [0.4, 0.5) is 0 Å². The van der Waals surface area contributed by atoms with Gasteiger partial charge < -0.3 is 19.3 Å². The normalized spacial score (nSPS) is 12.0. The SMILES string of the molecule is CCCCCCCCCCCCCCOC(=O)CCC(NC(=O)c1ccc(C(=O)CCCCCC[N+](C)(C)C)cc1)C(=O)OCCCCCCCCCCCCCC. The highest BCUT2D eigenvalue weighted by Gasteiger charge is 2.24. The molecule has 8 nitrogen and oxygen atoms in total. The predicted octanol–water partition coefficient (Wildman–Crippen LogP) is 12.9. The molecular weight excluding hydrogens is 725 g/mol. The van der Waals surface area contributed by atoms with Crippen molar-refractivity contribution in [2.75, 3.05) is 40.9 Å². The van der Waals surface area contributed by atoms with E-state index < -0.39 is 17.9 Å². The summed E-state index contributed by atoms with van der Waals surface area (Å²) in [5.74, 6) is -1.26. The highest BCUT2D eigenvalue weighted by Crippen LogP contribution is 2.16. The first-order chi connectivity index (χ1) is 28.1. The van der Waals surface area contributed by atoms with Crippen LogP contribution in [0.25, 0.3) is 0 Å². The van der Waals surface area contributed by atoms with Crippen molar-refractivity contribution in [1.29, 1.82) is 0 Å². The summed E-state index contributed by atoms with van der Waals surface area (Å²) in [6.07, 6.45) is 34.3. The van der Waals surface area contributed by atoms with Crippen molar-refractivity contribution in [2.24, 2.45) is 0 Å². The number of carbonyl (C=O) groups excluding carboxylic acids is 4. The zero-order chi connectivity index (χ0) is 42.5. The van der Waals surface area contributed by atoms with E-state index in [1.54, 1.807) is 24.3 Å². The molecule has 0 fully saturated rings. The van der Waals surface area contributed by atoms with Crippen LogP contribution in [0.15, 0.2) is 24.3 Å². The van der Waals surface area contributed by atoms with E-state index in [1.807, 2.05) is 0 Å². The minimum Gasteiger partial charge on any atom is -0.466 e. The Bertz CT molecular complexity index is 1180. The summed E-state index contributed by atoms with van der Waals surface area (Å²) in [5.41, 5.74) is 0.933. The van der Waals surface area contributed by atoms with Gasteiger partial charge in [0, 0.05) is 24.0 Å². The van der Waals surface area contributed by atoms with E-state index in [0.717, 1.165) is 75.2 Å². The highest BCUT2D eigenvalue weighted by molar-refractivity contribution is 5.99. The second-order valence-electron chi connectivity index (χ2n) is 17.9. The third-order valence-electron chi connectivity index (χ3n) is 11.2. The number of ether oxygens (including phenoxy) is 2. The average Bonchev–Trinajstić information content (AvgIpc) is 3.20. The minimum atomic E-state index is -0.970. The summed E-state index contributed by atoms with van der Waals surface area (Å²) in [6.45, 7) is 6.29. The van der Waals surface area contributed by atoms with Gasteiger partial charge in [0.15, 0.2) is 5.78 Å². The number of nitrogens with zero attached hydrogens (tertiary/aromatic N) is 1. The van der Waals surface area contributed by atoms with E-state index in [9.17, 15) is 19.2 Å². The molecule has 0 aromatic heterocycles. The number of rotatable bonds is 40. The van der Waals surface area contributed by atoms with Crippen molar-refractivity contribution in [3.05, 3.63) is 35.4 Å². The first-order valence-electron chi connectivity index (χ1n) is 24.1. The van der Waals surface area contributed by atoms with E-state index in [4.69, 9.17) is 9.47 Å². The first kappa shape index (κ1) is 53.3. The van der Waals surface area contributed by atoms with E-state index in [2.05, 4.69) is 40.3 Å². The monoisotopic (exact) mass is 814 g/mol. The molecule has 8 heteroatoms. The van der Waals surface area contributed by atoms with Gasteiger partial charge in [0.2, 0.25) is 0 Å². The Balaban J connectivity index is 2.52. The molecule has 1 N–H and O–H groups in total. The van der Waals surface area contributed by atoms with Crippen LogP contribution in [0.2, 0.25) is 0 Å². The molecule has 0 saturated heterocycles. The number of quaternary nitrogens is 1. The van der Waals surface area contributed by atoms with Gasteiger partial charge in [-0.25, -0.2) is 4.79 Å². The molecular formula is C50H89N2O6+. The molecule has 0 aliphatic heterocycles. The summed E-state index contributed by atoms with van der Waals surface area (Å²) in [7, 11) is 6.58. The van der Waals surface area contributed by atoms with Crippen LogP contribution >= 0.6 is 0 Å². The standard InChI is InChI=1S/C50H88N2O6/c1-6-8-10-12-14-16-18-20-22-24-28-32-42-57-48(54)40-39-46(50(56)58-43-33-29-25-23-21-19-17-15-13-11-9-7-2)51-49(55)45-37-35-44(36-38-45)47(53)34-30-26-27-31-41-52(3,4)5/h35-38,46H,6-34,39-43H2,1-5H3/p+1. The van der Waals surface area contributed by atoms with E-state index in [1.165, 1.54) is 116 Å². The Morgan fingerprint density at radius 2 is 0.897 bits per heavy atom. The van der Waals surface area contributed by atoms with Crippen molar-refractivity contribution >= 4 is 23.6 Å². The quantitative estimate of drug-likeness (QED) is 0.0307. The third kappa shape index (κ3) is 31.2. The summed E-state index contributed by atoms with van der Waals surface area (Å²) in [5, 5.41) is 2.81. The lowest BCUT2D eigenvalue weighted by molar-refractivity contribution is -0.870. The second kappa shape index (κ2) is 36.1. The molecule has 0 radical (unpaired) electrons. The van der Waals surface area contributed by atoms with Crippen molar-refractivity contribution in [1.82, 2.24) is 5.32 Å². The Morgan fingerprint density at radius 1 is 0.500 bits per heavy atom. The van der Waals surface area contributed by atoms with Crippen LogP contribution < -0.4 is 5.32 Å². The summed E-state index contributed by atoms with van der Waals surface area (Å²) < 4.78 is 12.1. The Labute approximate surface area is 356 Å². The van der Waals surface area contributed by atoms with Crippen molar-refractivity contribution in [2.45, 2.75) is 219 Å². The van der Waals surface area contributed by atoms with Gasteiger partial charge in [0.1, 0.15) is 6.04 Å². The maximum absolute atomic E-state index is 13.3. The molecule has 0 aliphatic rings. The molecule has 0 saturated carbocycles. The number of amides is 1. The molecule has 58 heavy (non-hydrogen) atoms. The number of hydrogen-bond donors (Lipinski definition) is 1. The van der Waals surface area contributed by atoms with Crippen molar-refractivity contribution in [3.8, 4) is 0 Å². The molecule has 1 atom stereocenters. The topological polar surface area (TPSA) is 98.8 Å². The number of unbranched alkanes of at least 4 members (excludes halogenated alkanes) is 25. The minimum absolute atomic E-state index is 0.0136. The fourth-order valence-electron chi connectivity index (χ4n) is 7.35. The lowest BCUT2D eigenvalue weighted by atomic mass is 10.0. The Kier molecular flexibility index (Phi) is 33.2. The Hall–Kier alpha value is -2.74. The molecule has 0 spiro atoms. The van der Waals surface area contributed by atoms with Gasteiger partial charge in [-0.1, -0.05) is 174 Å². The van der Waals surface area contributed by atoms with Crippen LogP contribution in [-0.2, 0) is 19.1 Å². The van der Waals surface area contributed by atoms with E-state index in [0.29, 0.717) is 30.8 Å². The van der Waals surface area contributed by atoms with Gasteiger partial charge in [0.25, 0.3) is 5.91 Å². The number of carbonyl (C=O) groups is 4. The van der Waals surface area contributed by atoms with Crippen LogP contribution in [0, 0.1) is 0 Å². The first-order valence-corrected chi connectivity index (χ1v) is 24.1. The van der Waals surface area contributed by atoms with E-state index >= 15 is 0 Å². The van der Waals surface area contributed by atoms with Gasteiger partial charge in [-0.15, -0.1) is 0 Å². The maximum atomic E-state index is 13.3. The van der Waals surface area contributed by atoms with Gasteiger partial charge in [0.05, 0.1) is 40.9 Å². The molecule has 0 bridgehead atoms. The van der Waals surface area contributed by atoms with Crippen LogP contribution in [-0.4, -0.2) is 75.1 Å². The third-order valence-corrected chi connectivity index (χ3v) is 11.2. The van der Waals surface area contributed by atoms with Crippen molar-refractivity contribution < 1.29 is 33.1 Å². The molecule has 0 aliphatic carbocycles. The van der Waals surface area contributed by atoms with E-state index in [-0.39, 0.29) is 24.6 Å². The fraction of sp³-hybridized carbons (Fsp3) is 0.800. The lowest BCUT2D eigenvalue weighted by Gasteiger charge is -2.23. The predicted molar refractivity (Wildman–Crippen MR) is 241 cm³/mol. The zero-order valence-corrected chi connectivity index (χ0v) is 38.3. The lowest BCUT2D eigenvalue weighted by Crippen LogP contribution is -2.42. The Morgan fingerprint density at radius 3 is 1.36 bits per heavy atom. The molecule has 1 aromatic carbocycles. The van der Waals surface area contributed by atoms with Gasteiger partial charge in [-0.05, 0) is 50.7 Å². The second-order valence-corrected chi connectivity index (χ2v) is 17.9. The number of hydrogen-bond acceptors (Lipinski definition) is 6. The van der Waals surface area contributed by atoms with Crippen molar-refractivity contribution in [3.63, 3.8) is 0 Å². The number of nitrogens with one attached hydrogen (secondary N) is 1. The number of benzene rings is 1. The number of ketones is 1. The fourth-order valence-corrected chi connectivity index (χ4v) is 7.35. The summed E-state index contributed by atoms with van der Waals surface area (Å²) in [6, 6.07) is 5.65. The largest absolute Gasteiger partial charge is 0.466 e. The smallest absolute Gasteiger partial charge is 0.328 e. The average molecular weight is 814 g/mol. The van der Waals surface area contributed by atoms with Crippen LogP contribution in [0.1, 0.15) is 234 Å². The maximum Gasteiger partial charge on any atom is 0.328 e. The molecule has 1 rings (SSSR count). The molecule has 334 valence electrons. The van der Waals surface area contributed by atoms with Gasteiger partial charge >= 0.3 is 11.9 Å². The number of esters is 2.